The molecule has 0 aromatic carbocycles. The van der Waals surface area contributed by atoms with Gasteiger partial charge in [0.05, 0.1) is 12.3 Å². The molecule has 0 fully saturated rings. The first-order chi connectivity index (χ1) is 7.65. The highest BCUT2D eigenvalue weighted by Gasteiger charge is 2.17. The van der Waals surface area contributed by atoms with E-state index in [2.05, 4.69) is 30.9 Å². The number of furan rings is 1. The summed E-state index contributed by atoms with van der Waals surface area (Å²) in [5.41, 5.74) is 5.78. The molecule has 1 aromatic heterocycles. The fourth-order valence-corrected chi connectivity index (χ4v) is 1.79. The zero-order chi connectivity index (χ0) is 12.0. The van der Waals surface area contributed by atoms with Crippen molar-refractivity contribution in [2.45, 2.75) is 12.5 Å². The molecule has 0 bridgehead atoms. The van der Waals surface area contributed by atoms with E-state index in [4.69, 9.17) is 10.2 Å². The molecule has 0 saturated carbocycles. The third kappa shape index (κ3) is 3.96. The lowest BCUT2D eigenvalue weighted by molar-refractivity contribution is 0.210. The quantitative estimate of drug-likeness (QED) is 0.756. The molecule has 4 heteroatoms. The molecule has 0 aliphatic carbocycles. The van der Waals surface area contributed by atoms with Gasteiger partial charge in [0.15, 0.2) is 0 Å². The molecular formula is C12H23N3O. The maximum Gasteiger partial charge on any atom is 0.122 e. The SMILES string of the molecule is CN(C)CCCN(C)C(CN)c1ccco1. The monoisotopic (exact) mass is 225 g/mol. The maximum atomic E-state index is 5.78. The summed E-state index contributed by atoms with van der Waals surface area (Å²) in [4.78, 5) is 4.44. The van der Waals surface area contributed by atoms with Gasteiger partial charge in [-0.15, -0.1) is 0 Å². The van der Waals surface area contributed by atoms with Gasteiger partial charge in [-0.2, -0.15) is 0 Å². The standard InChI is InChI=1S/C12H23N3O/c1-14(2)7-5-8-15(3)11(10-13)12-6-4-9-16-12/h4,6,9,11H,5,7-8,10,13H2,1-3H3. The van der Waals surface area contributed by atoms with Crippen molar-refractivity contribution in [2.75, 3.05) is 40.8 Å². The smallest absolute Gasteiger partial charge is 0.122 e. The largest absolute Gasteiger partial charge is 0.468 e. The van der Waals surface area contributed by atoms with Gasteiger partial charge in [-0.1, -0.05) is 0 Å². The first-order valence-electron chi connectivity index (χ1n) is 5.73. The minimum atomic E-state index is 0.192. The minimum Gasteiger partial charge on any atom is -0.468 e. The molecule has 0 aliphatic rings. The predicted octanol–water partition coefficient (Wildman–Crippen LogP) is 1.16. The second kappa shape index (κ2) is 6.68. The number of nitrogens with two attached hydrogens (primary N) is 1. The van der Waals surface area contributed by atoms with Gasteiger partial charge >= 0.3 is 0 Å². The van der Waals surface area contributed by atoms with Crippen LogP contribution < -0.4 is 5.73 Å². The first kappa shape index (κ1) is 13.2. The first-order valence-corrected chi connectivity index (χ1v) is 5.73. The van der Waals surface area contributed by atoms with Crippen LogP contribution in [0.25, 0.3) is 0 Å². The van der Waals surface area contributed by atoms with Crippen LogP contribution in [0, 0.1) is 0 Å². The van der Waals surface area contributed by atoms with Crippen molar-refractivity contribution in [3.63, 3.8) is 0 Å². The Morgan fingerprint density at radius 3 is 2.56 bits per heavy atom. The van der Waals surface area contributed by atoms with Crippen LogP contribution in [0.4, 0.5) is 0 Å². The van der Waals surface area contributed by atoms with Crippen molar-refractivity contribution in [3.8, 4) is 0 Å². The Morgan fingerprint density at radius 2 is 2.06 bits per heavy atom. The fraction of sp³-hybridized carbons (Fsp3) is 0.667. The van der Waals surface area contributed by atoms with Gasteiger partial charge in [-0.25, -0.2) is 0 Å². The van der Waals surface area contributed by atoms with E-state index in [-0.39, 0.29) is 6.04 Å². The Morgan fingerprint density at radius 1 is 1.31 bits per heavy atom. The van der Waals surface area contributed by atoms with Crippen molar-refractivity contribution in [3.05, 3.63) is 24.2 Å². The number of hydrogen-bond acceptors (Lipinski definition) is 4. The second-order valence-electron chi connectivity index (χ2n) is 4.40. The van der Waals surface area contributed by atoms with Crippen LogP contribution in [0.2, 0.25) is 0 Å². The highest BCUT2D eigenvalue weighted by molar-refractivity contribution is 5.04. The second-order valence-corrected chi connectivity index (χ2v) is 4.40. The number of nitrogens with zero attached hydrogens (tertiary/aromatic N) is 2. The Bertz CT molecular complexity index is 272. The predicted molar refractivity (Wildman–Crippen MR) is 66.3 cm³/mol. The average molecular weight is 225 g/mol. The van der Waals surface area contributed by atoms with E-state index in [1.807, 2.05) is 12.1 Å². The summed E-state index contributed by atoms with van der Waals surface area (Å²) < 4.78 is 5.40. The van der Waals surface area contributed by atoms with Crippen LogP contribution in [-0.4, -0.2) is 50.6 Å². The Hall–Kier alpha value is -0.840. The van der Waals surface area contributed by atoms with Gasteiger partial charge in [-0.05, 0) is 52.8 Å². The van der Waals surface area contributed by atoms with E-state index in [0.29, 0.717) is 6.54 Å². The Balaban J connectivity index is 2.41. The lowest BCUT2D eigenvalue weighted by atomic mass is 10.2. The molecule has 0 spiro atoms. The number of likely N-dealkylation sites (N-methyl/N-ethyl adjacent to an activating group) is 1. The van der Waals surface area contributed by atoms with Crippen LogP contribution in [0.5, 0.6) is 0 Å². The third-order valence-corrected chi connectivity index (χ3v) is 2.74. The van der Waals surface area contributed by atoms with Gasteiger partial charge in [0, 0.05) is 6.54 Å². The normalized spacial score (nSPS) is 13.6. The molecule has 1 unspecified atom stereocenters. The summed E-state index contributed by atoms with van der Waals surface area (Å²) in [7, 11) is 6.27. The van der Waals surface area contributed by atoms with Crippen LogP contribution in [-0.2, 0) is 0 Å². The van der Waals surface area contributed by atoms with E-state index >= 15 is 0 Å². The zero-order valence-corrected chi connectivity index (χ0v) is 10.5. The van der Waals surface area contributed by atoms with Gasteiger partial charge in [-0.3, -0.25) is 4.90 Å². The molecule has 1 rings (SSSR count). The lowest BCUT2D eigenvalue weighted by Gasteiger charge is -2.25. The Labute approximate surface area is 98.0 Å². The van der Waals surface area contributed by atoms with Crippen molar-refractivity contribution in [1.29, 1.82) is 0 Å². The fourth-order valence-electron chi connectivity index (χ4n) is 1.79. The van der Waals surface area contributed by atoms with E-state index in [0.717, 1.165) is 25.3 Å². The molecule has 2 N–H and O–H groups in total. The number of rotatable bonds is 7. The molecule has 1 atom stereocenters. The van der Waals surface area contributed by atoms with E-state index in [9.17, 15) is 0 Å². The molecule has 0 radical (unpaired) electrons. The van der Waals surface area contributed by atoms with Crippen LogP contribution in [0.15, 0.2) is 22.8 Å². The summed E-state index contributed by atoms with van der Waals surface area (Å²) in [5.74, 6) is 0.954. The van der Waals surface area contributed by atoms with Gasteiger partial charge in [0.1, 0.15) is 5.76 Å². The topological polar surface area (TPSA) is 45.6 Å². The molecule has 16 heavy (non-hydrogen) atoms. The summed E-state index contributed by atoms with van der Waals surface area (Å²) in [5, 5.41) is 0. The third-order valence-electron chi connectivity index (χ3n) is 2.74. The van der Waals surface area contributed by atoms with Gasteiger partial charge < -0.3 is 15.1 Å². The maximum absolute atomic E-state index is 5.78. The summed E-state index contributed by atoms with van der Waals surface area (Å²) >= 11 is 0. The highest BCUT2D eigenvalue weighted by Crippen LogP contribution is 2.18. The molecule has 0 amide bonds. The zero-order valence-electron chi connectivity index (χ0n) is 10.5. The van der Waals surface area contributed by atoms with Crippen LogP contribution in [0.1, 0.15) is 18.2 Å². The van der Waals surface area contributed by atoms with Gasteiger partial charge in [0.25, 0.3) is 0 Å². The Kier molecular flexibility index (Phi) is 5.52. The molecular weight excluding hydrogens is 202 g/mol. The van der Waals surface area contributed by atoms with Crippen molar-refractivity contribution >= 4 is 0 Å². The molecule has 4 nitrogen and oxygen atoms in total. The van der Waals surface area contributed by atoms with Crippen molar-refractivity contribution < 1.29 is 4.42 Å². The summed E-state index contributed by atoms with van der Waals surface area (Å²) in [6.07, 6.45) is 2.84. The van der Waals surface area contributed by atoms with Crippen LogP contribution in [0.3, 0.4) is 0 Å². The van der Waals surface area contributed by atoms with E-state index in [1.165, 1.54) is 0 Å². The summed E-state index contributed by atoms with van der Waals surface area (Å²) in [6.45, 7) is 2.71. The van der Waals surface area contributed by atoms with E-state index < -0.39 is 0 Å². The minimum absolute atomic E-state index is 0.192. The number of hydrogen-bond donors (Lipinski definition) is 1. The van der Waals surface area contributed by atoms with E-state index in [1.54, 1.807) is 6.26 Å². The van der Waals surface area contributed by atoms with Crippen molar-refractivity contribution in [2.24, 2.45) is 5.73 Å². The van der Waals surface area contributed by atoms with Crippen LogP contribution >= 0.6 is 0 Å². The molecule has 0 saturated heterocycles. The molecule has 1 aromatic rings. The molecule has 92 valence electrons. The average Bonchev–Trinajstić information content (AvgIpc) is 2.71. The van der Waals surface area contributed by atoms with Crippen molar-refractivity contribution in [1.82, 2.24) is 9.80 Å². The lowest BCUT2D eigenvalue weighted by Crippen LogP contribution is -2.32. The summed E-state index contributed by atoms with van der Waals surface area (Å²) in [6, 6.07) is 4.09. The van der Waals surface area contributed by atoms with Gasteiger partial charge in [0.2, 0.25) is 0 Å². The molecule has 1 heterocycles. The molecule has 0 aliphatic heterocycles. The highest BCUT2D eigenvalue weighted by atomic mass is 16.3.